The Kier molecular flexibility index (Phi) is 4.79. The Labute approximate surface area is 170 Å². The third kappa shape index (κ3) is 3.64. The number of aromatic amines is 1. The van der Waals surface area contributed by atoms with Crippen molar-refractivity contribution in [2.45, 2.75) is 19.3 Å². The standard InChI is InChI=1S/C22H26N6O/c29-22(13-17-15-23-19-6-2-1-5-18(17)19)28-11-9-27(10-12-28)21-14-20(24-16-25-21)26-7-3-4-8-26/h1-2,5-6,14-16,23H,3-4,7-13H2. The molecule has 1 amide bonds. The van der Waals surface area contributed by atoms with Gasteiger partial charge in [-0.3, -0.25) is 4.79 Å². The smallest absolute Gasteiger partial charge is 0.227 e. The van der Waals surface area contributed by atoms with E-state index in [1.807, 2.05) is 29.3 Å². The van der Waals surface area contributed by atoms with Crippen molar-refractivity contribution in [2.24, 2.45) is 0 Å². The summed E-state index contributed by atoms with van der Waals surface area (Å²) < 4.78 is 0. The summed E-state index contributed by atoms with van der Waals surface area (Å²) in [5.41, 5.74) is 2.15. The number of rotatable bonds is 4. The van der Waals surface area contributed by atoms with E-state index >= 15 is 0 Å². The summed E-state index contributed by atoms with van der Waals surface area (Å²) in [5, 5.41) is 1.13. The van der Waals surface area contributed by atoms with Crippen LogP contribution in [-0.2, 0) is 11.2 Å². The van der Waals surface area contributed by atoms with Gasteiger partial charge in [0.1, 0.15) is 18.0 Å². The van der Waals surface area contributed by atoms with E-state index in [4.69, 9.17) is 0 Å². The van der Waals surface area contributed by atoms with E-state index < -0.39 is 0 Å². The zero-order valence-corrected chi connectivity index (χ0v) is 16.5. The summed E-state index contributed by atoms with van der Waals surface area (Å²) in [6.07, 6.45) is 6.53. The van der Waals surface area contributed by atoms with Gasteiger partial charge in [0.2, 0.25) is 5.91 Å². The first-order valence-electron chi connectivity index (χ1n) is 10.4. The third-order valence-electron chi connectivity index (χ3n) is 6.04. The molecule has 29 heavy (non-hydrogen) atoms. The number of nitrogens with one attached hydrogen (secondary N) is 1. The Morgan fingerprint density at radius 3 is 2.38 bits per heavy atom. The van der Waals surface area contributed by atoms with Gasteiger partial charge in [0.05, 0.1) is 6.42 Å². The van der Waals surface area contributed by atoms with Crippen molar-refractivity contribution in [1.29, 1.82) is 0 Å². The molecule has 4 heterocycles. The number of hydrogen-bond acceptors (Lipinski definition) is 5. The second-order valence-electron chi connectivity index (χ2n) is 7.83. The van der Waals surface area contributed by atoms with Crippen LogP contribution in [0.2, 0.25) is 0 Å². The van der Waals surface area contributed by atoms with Gasteiger partial charge in [-0.15, -0.1) is 0 Å². The van der Waals surface area contributed by atoms with Gasteiger partial charge in [-0.25, -0.2) is 9.97 Å². The number of piperazine rings is 1. The monoisotopic (exact) mass is 390 g/mol. The Morgan fingerprint density at radius 1 is 0.931 bits per heavy atom. The highest BCUT2D eigenvalue weighted by atomic mass is 16.2. The number of aromatic nitrogens is 3. The molecule has 0 radical (unpaired) electrons. The van der Waals surface area contributed by atoms with E-state index in [-0.39, 0.29) is 5.91 Å². The molecule has 7 heteroatoms. The van der Waals surface area contributed by atoms with Crippen LogP contribution >= 0.6 is 0 Å². The second-order valence-corrected chi connectivity index (χ2v) is 7.83. The highest BCUT2D eigenvalue weighted by Gasteiger charge is 2.23. The first kappa shape index (κ1) is 18.0. The Bertz CT molecular complexity index is 1000. The summed E-state index contributed by atoms with van der Waals surface area (Å²) in [7, 11) is 0. The highest BCUT2D eigenvalue weighted by molar-refractivity contribution is 5.89. The quantitative estimate of drug-likeness (QED) is 0.741. The first-order valence-corrected chi connectivity index (χ1v) is 10.4. The molecule has 2 fully saturated rings. The molecule has 1 N–H and O–H groups in total. The molecular formula is C22H26N6O. The van der Waals surface area contributed by atoms with Crippen LogP contribution in [0.15, 0.2) is 42.9 Å². The SMILES string of the molecule is O=C(Cc1c[nH]c2ccccc12)N1CCN(c2cc(N3CCCC3)ncn2)CC1. The Morgan fingerprint density at radius 2 is 1.62 bits per heavy atom. The Balaban J connectivity index is 1.21. The molecule has 0 atom stereocenters. The zero-order valence-electron chi connectivity index (χ0n) is 16.5. The Hall–Kier alpha value is -3.09. The van der Waals surface area contributed by atoms with Crippen molar-refractivity contribution in [1.82, 2.24) is 19.9 Å². The van der Waals surface area contributed by atoms with Gasteiger partial charge in [-0.05, 0) is 24.5 Å². The minimum absolute atomic E-state index is 0.190. The van der Waals surface area contributed by atoms with Crippen molar-refractivity contribution in [3.05, 3.63) is 48.4 Å². The lowest BCUT2D eigenvalue weighted by atomic mass is 10.1. The van der Waals surface area contributed by atoms with E-state index in [0.29, 0.717) is 6.42 Å². The topological polar surface area (TPSA) is 68.4 Å². The molecule has 3 aromatic rings. The van der Waals surface area contributed by atoms with Gasteiger partial charge >= 0.3 is 0 Å². The maximum Gasteiger partial charge on any atom is 0.227 e. The molecule has 0 unspecified atom stereocenters. The number of H-pyrrole nitrogens is 1. The molecule has 0 spiro atoms. The predicted molar refractivity (Wildman–Crippen MR) is 114 cm³/mol. The average molecular weight is 390 g/mol. The van der Waals surface area contributed by atoms with Gasteiger partial charge in [-0.2, -0.15) is 0 Å². The van der Waals surface area contributed by atoms with Gasteiger partial charge in [0.25, 0.3) is 0 Å². The van der Waals surface area contributed by atoms with Crippen molar-refractivity contribution in [3.8, 4) is 0 Å². The van der Waals surface area contributed by atoms with Crippen LogP contribution in [0.1, 0.15) is 18.4 Å². The highest BCUT2D eigenvalue weighted by Crippen LogP contribution is 2.23. The fraction of sp³-hybridized carbons (Fsp3) is 0.409. The fourth-order valence-corrected chi connectivity index (χ4v) is 4.37. The van der Waals surface area contributed by atoms with Crippen LogP contribution in [0, 0.1) is 0 Å². The van der Waals surface area contributed by atoms with E-state index in [1.165, 1.54) is 12.8 Å². The number of carbonyl (C=O) groups excluding carboxylic acids is 1. The number of benzene rings is 1. The van der Waals surface area contributed by atoms with E-state index in [0.717, 1.165) is 67.4 Å². The number of fused-ring (bicyclic) bond motifs is 1. The van der Waals surface area contributed by atoms with E-state index in [9.17, 15) is 4.79 Å². The molecule has 2 saturated heterocycles. The lowest BCUT2D eigenvalue weighted by molar-refractivity contribution is -0.130. The summed E-state index contributed by atoms with van der Waals surface area (Å²) in [5.74, 6) is 2.17. The normalized spacial score (nSPS) is 17.3. The van der Waals surface area contributed by atoms with Crippen molar-refractivity contribution >= 4 is 28.4 Å². The largest absolute Gasteiger partial charge is 0.361 e. The molecule has 7 nitrogen and oxygen atoms in total. The predicted octanol–water partition coefficient (Wildman–Crippen LogP) is 2.45. The molecule has 2 aliphatic rings. The van der Waals surface area contributed by atoms with Gasteiger partial charge < -0.3 is 19.7 Å². The first-order chi connectivity index (χ1) is 14.3. The average Bonchev–Trinajstić information content (AvgIpc) is 3.45. The molecule has 2 aliphatic heterocycles. The minimum atomic E-state index is 0.190. The van der Waals surface area contributed by atoms with Crippen molar-refractivity contribution in [3.63, 3.8) is 0 Å². The fourth-order valence-electron chi connectivity index (χ4n) is 4.37. The van der Waals surface area contributed by atoms with Crippen LogP contribution in [0.25, 0.3) is 10.9 Å². The number of carbonyl (C=O) groups is 1. The maximum atomic E-state index is 12.8. The number of anilines is 2. The van der Waals surface area contributed by atoms with Crippen LogP contribution < -0.4 is 9.80 Å². The maximum absolute atomic E-state index is 12.8. The molecule has 0 bridgehead atoms. The second kappa shape index (κ2) is 7.73. The van der Waals surface area contributed by atoms with Crippen LogP contribution in [0.4, 0.5) is 11.6 Å². The van der Waals surface area contributed by atoms with E-state index in [2.05, 4.69) is 36.9 Å². The summed E-state index contributed by atoms with van der Waals surface area (Å²) >= 11 is 0. The number of nitrogens with zero attached hydrogens (tertiary/aromatic N) is 5. The lowest BCUT2D eigenvalue weighted by Crippen LogP contribution is -2.49. The van der Waals surface area contributed by atoms with Crippen molar-refractivity contribution in [2.75, 3.05) is 49.1 Å². The van der Waals surface area contributed by atoms with Gasteiger partial charge in [0, 0.05) is 62.4 Å². The third-order valence-corrected chi connectivity index (χ3v) is 6.04. The molecule has 1 aromatic carbocycles. The van der Waals surface area contributed by atoms with Gasteiger partial charge in [-0.1, -0.05) is 18.2 Å². The van der Waals surface area contributed by atoms with Crippen LogP contribution in [-0.4, -0.2) is 65.0 Å². The van der Waals surface area contributed by atoms with Crippen LogP contribution in [0.5, 0.6) is 0 Å². The van der Waals surface area contributed by atoms with Gasteiger partial charge in [0.15, 0.2) is 0 Å². The molecule has 2 aromatic heterocycles. The number of hydrogen-bond donors (Lipinski definition) is 1. The minimum Gasteiger partial charge on any atom is -0.361 e. The zero-order chi connectivity index (χ0) is 19.6. The molecule has 0 saturated carbocycles. The molecule has 150 valence electrons. The van der Waals surface area contributed by atoms with E-state index in [1.54, 1.807) is 6.33 Å². The number of para-hydroxylation sites is 1. The number of amides is 1. The summed E-state index contributed by atoms with van der Waals surface area (Å²) in [4.78, 5) is 31.6. The van der Waals surface area contributed by atoms with Crippen molar-refractivity contribution < 1.29 is 4.79 Å². The van der Waals surface area contributed by atoms with Crippen LogP contribution in [0.3, 0.4) is 0 Å². The summed E-state index contributed by atoms with van der Waals surface area (Å²) in [6, 6.07) is 10.2. The molecule has 0 aliphatic carbocycles. The lowest BCUT2D eigenvalue weighted by Gasteiger charge is -2.35. The summed E-state index contributed by atoms with van der Waals surface area (Å²) in [6.45, 7) is 5.21. The molecule has 5 rings (SSSR count). The molecular weight excluding hydrogens is 364 g/mol.